The van der Waals surface area contributed by atoms with Crippen LogP contribution in [0, 0.1) is 0 Å². The van der Waals surface area contributed by atoms with Crippen molar-refractivity contribution in [1.29, 1.82) is 0 Å². The maximum atomic E-state index is 11.6. The van der Waals surface area contributed by atoms with Gasteiger partial charge >= 0.3 is 0 Å². The van der Waals surface area contributed by atoms with Crippen LogP contribution >= 0.6 is 11.8 Å². The zero-order chi connectivity index (χ0) is 11.1. The van der Waals surface area contributed by atoms with Gasteiger partial charge in [0.1, 0.15) is 5.82 Å². The van der Waals surface area contributed by atoms with Crippen molar-refractivity contribution >= 4 is 23.5 Å². The standard InChI is InChI=1S/C11H14N2OS/c1-9(6-8-15-2)11(14)13-10-5-3-4-7-12-10/h3-5,7H,1,6,8H2,2H3,(H,12,13,14). The molecule has 15 heavy (non-hydrogen) atoms. The summed E-state index contributed by atoms with van der Waals surface area (Å²) in [5.74, 6) is 1.32. The molecule has 4 heteroatoms. The number of thioether (sulfide) groups is 1. The maximum absolute atomic E-state index is 11.6. The molecule has 0 aromatic carbocycles. The van der Waals surface area contributed by atoms with Gasteiger partial charge < -0.3 is 5.32 Å². The second kappa shape index (κ2) is 6.24. The van der Waals surface area contributed by atoms with Crippen molar-refractivity contribution in [2.75, 3.05) is 17.3 Å². The van der Waals surface area contributed by atoms with Gasteiger partial charge in [-0.3, -0.25) is 4.79 Å². The molecule has 1 rings (SSSR count). The molecule has 0 bridgehead atoms. The van der Waals surface area contributed by atoms with Gasteiger partial charge in [0.25, 0.3) is 5.91 Å². The molecular weight excluding hydrogens is 208 g/mol. The number of carbonyl (C=O) groups is 1. The van der Waals surface area contributed by atoms with Crippen LogP contribution in [0.4, 0.5) is 5.82 Å². The minimum absolute atomic E-state index is 0.150. The third-order valence-corrected chi connectivity index (χ3v) is 2.45. The molecule has 0 saturated heterocycles. The predicted molar refractivity (Wildman–Crippen MR) is 65.0 cm³/mol. The summed E-state index contributed by atoms with van der Waals surface area (Å²) in [5.41, 5.74) is 0.593. The Labute approximate surface area is 94.0 Å². The molecule has 1 N–H and O–H groups in total. The van der Waals surface area contributed by atoms with E-state index in [1.165, 1.54) is 0 Å². The molecule has 0 atom stereocenters. The monoisotopic (exact) mass is 222 g/mol. The van der Waals surface area contributed by atoms with Crippen LogP contribution in [-0.4, -0.2) is 22.9 Å². The topological polar surface area (TPSA) is 42.0 Å². The summed E-state index contributed by atoms with van der Waals surface area (Å²) in [6.45, 7) is 3.74. The van der Waals surface area contributed by atoms with Crippen molar-refractivity contribution in [1.82, 2.24) is 4.98 Å². The number of rotatable bonds is 5. The number of pyridine rings is 1. The largest absolute Gasteiger partial charge is 0.307 e. The first-order valence-electron chi connectivity index (χ1n) is 4.63. The lowest BCUT2D eigenvalue weighted by Gasteiger charge is -2.05. The van der Waals surface area contributed by atoms with E-state index in [1.54, 1.807) is 30.1 Å². The SMILES string of the molecule is C=C(CCSC)C(=O)Nc1ccccn1. The normalized spacial score (nSPS) is 9.67. The van der Waals surface area contributed by atoms with E-state index in [1.807, 2.05) is 12.3 Å². The Kier molecular flexibility index (Phi) is 4.90. The average Bonchev–Trinajstić information content (AvgIpc) is 2.27. The van der Waals surface area contributed by atoms with Crippen molar-refractivity contribution in [3.63, 3.8) is 0 Å². The van der Waals surface area contributed by atoms with Gasteiger partial charge in [-0.15, -0.1) is 0 Å². The average molecular weight is 222 g/mol. The maximum Gasteiger partial charge on any atom is 0.252 e. The lowest BCUT2D eigenvalue weighted by atomic mass is 10.2. The minimum Gasteiger partial charge on any atom is -0.307 e. The molecule has 0 saturated carbocycles. The number of aromatic nitrogens is 1. The van der Waals surface area contributed by atoms with E-state index in [-0.39, 0.29) is 5.91 Å². The smallest absolute Gasteiger partial charge is 0.252 e. The number of hydrogen-bond acceptors (Lipinski definition) is 3. The highest BCUT2D eigenvalue weighted by molar-refractivity contribution is 7.98. The molecule has 0 fully saturated rings. The second-order valence-corrected chi connectivity index (χ2v) is 4.00. The summed E-state index contributed by atoms with van der Waals surface area (Å²) in [6, 6.07) is 5.38. The third kappa shape index (κ3) is 4.16. The van der Waals surface area contributed by atoms with Gasteiger partial charge in [-0.05, 0) is 30.6 Å². The number of anilines is 1. The van der Waals surface area contributed by atoms with Crippen LogP contribution in [0.15, 0.2) is 36.5 Å². The minimum atomic E-state index is -0.150. The summed E-state index contributed by atoms with van der Waals surface area (Å²) in [7, 11) is 0. The van der Waals surface area contributed by atoms with Crippen LogP contribution in [0.25, 0.3) is 0 Å². The fourth-order valence-electron chi connectivity index (χ4n) is 0.980. The van der Waals surface area contributed by atoms with Crippen LogP contribution in [0.5, 0.6) is 0 Å². The van der Waals surface area contributed by atoms with Gasteiger partial charge in [0.05, 0.1) is 0 Å². The van der Waals surface area contributed by atoms with Crippen LogP contribution in [0.2, 0.25) is 0 Å². The van der Waals surface area contributed by atoms with Crippen LogP contribution in [0.1, 0.15) is 6.42 Å². The molecule has 1 amide bonds. The third-order valence-electron chi connectivity index (χ3n) is 1.84. The van der Waals surface area contributed by atoms with E-state index in [0.29, 0.717) is 17.8 Å². The Balaban J connectivity index is 2.45. The zero-order valence-electron chi connectivity index (χ0n) is 8.69. The predicted octanol–water partition coefficient (Wildman–Crippen LogP) is 2.33. The summed E-state index contributed by atoms with van der Waals surface area (Å²) in [4.78, 5) is 15.6. The fraction of sp³-hybridized carbons (Fsp3) is 0.273. The van der Waals surface area contributed by atoms with Crippen LogP contribution in [-0.2, 0) is 4.79 Å². The molecule has 1 aromatic heterocycles. The van der Waals surface area contributed by atoms with E-state index >= 15 is 0 Å². The molecule has 0 aliphatic carbocycles. The summed E-state index contributed by atoms with van der Waals surface area (Å²) in [5, 5.41) is 2.69. The number of nitrogens with zero attached hydrogens (tertiary/aromatic N) is 1. The molecule has 3 nitrogen and oxygen atoms in total. The molecule has 0 spiro atoms. The Morgan fingerprint density at radius 2 is 2.40 bits per heavy atom. The van der Waals surface area contributed by atoms with E-state index in [0.717, 1.165) is 5.75 Å². The molecular formula is C11H14N2OS. The number of hydrogen-bond donors (Lipinski definition) is 1. The Bertz CT molecular complexity index is 338. The van der Waals surface area contributed by atoms with E-state index in [4.69, 9.17) is 0 Å². The van der Waals surface area contributed by atoms with Gasteiger partial charge in [0.2, 0.25) is 0 Å². The Hall–Kier alpha value is -1.29. The molecule has 0 aliphatic heterocycles. The van der Waals surface area contributed by atoms with Gasteiger partial charge in [0.15, 0.2) is 0 Å². The number of carbonyl (C=O) groups excluding carboxylic acids is 1. The fourth-order valence-corrected chi connectivity index (χ4v) is 1.43. The van der Waals surface area contributed by atoms with Crippen LogP contribution < -0.4 is 5.32 Å². The lowest BCUT2D eigenvalue weighted by molar-refractivity contribution is -0.112. The molecule has 0 radical (unpaired) electrons. The second-order valence-electron chi connectivity index (χ2n) is 3.02. The van der Waals surface area contributed by atoms with Crippen LogP contribution in [0.3, 0.4) is 0 Å². The number of nitrogens with one attached hydrogen (secondary N) is 1. The summed E-state index contributed by atoms with van der Waals surface area (Å²) >= 11 is 1.70. The van der Waals surface area contributed by atoms with Crippen molar-refractivity contribution in [2.45, 2.75) is 6.42 Å². The van der Waals surface area contributed by atoms with Crippen molar-refractivity contribution in [3.8, 4) is 0 Å². The van der Waals surface area contributed by atoms with Gasteiger partial charge in [-0.2, -0.15) is 11.8 Å². The Morgan fingerprint density at radius 3 is 3.00 bits per heavy atom. The highest BCUT2D eigenvalue weighted by atomic mass is 32.2. The van der Waals surface area contributed by atoms with E-state index in [2.05, 4.69) is 16.9 Å². The first-order chi connectivity index (χ1) is 7.24. The molecule has 1 heterocycles. The molecule has 0 aliphatic rings. The molecule has 80 valence electrons. The van der Waals surface area contributed by atoms with Crippen molar-refractivity contribution < 1.29 is 4.79 Å². The van der Waals surface area contributed by atoms with Gasteiger partial charge in [-0.25, -0.2) is 4.98 Å². The highest BCUT2D eigenvalue weighted by Crippen LogP contribution is 2.08. The first kappa shape index (κ1) is 11.8. The van der Waals surface area contributed by atoms with Crippen molar-refractivity contribution in [2.24, 2.45) is 0 Å². The summed E-state index contributed by atoms with van der Waals surface area (Å²) in [6.07, 6.45) is 4.35. The van der Waals surface area contributed by atoms with Crippen molar-refractivity contribution in [3.05, 3.63) is 36.5 Å². The molecule has 1 aromatic rings. The number of amides is 1. The first-order valence-corrected chi connectivity index (χ1v) is 6.02. The quantitative estimate of drug-likeness (QED) is 0.777. The lowest BCUT2D eigenvalue weighted by Crippen LogP contribution is -2.14. The van der Waals surface area contributed by atoms with Gasteiger partial charge in [0, 0.05) is 11.8 Å². The summed E-state index contributed by atoms with van der Waals surface area (Å²) < 4.78 is 0. The Morgan fingerprint density at radius 1 is 1.60 bits per heavy atom. The molecule has 0 unspecified atom stereocenters. The van der Waals surface area contributed by atoms with E-state index < -0.39 is 0 Å². The van der Waals surface area contributed by atoms with Gasteiger partial charge in [-0.1, -0.05) is 12.6 Å². The van der Waals surface area contributed by atoms with E-state index in [9.17, 15) is 4.79 Å². The highest BCUT2D eigenvalue weighted by Gasteiger charge is 2.06. The zero-order valence-corrected chi connectivity index (χ0v) is 9.51.